The molecule has 2 heteroatoms. The van der Waals surface area contributed by atoms with Crippen molar-refractivity contribution in [1.82, 2.24) is 0 Å². The summed E-state index contributed by atoms with van der Waals surface area (Å²) < 4.78 is 0. The minimum absolute atomic E-state index is 0.0156. The molecule has 0 aromatic carbocycles. The van der Waals surface area contributed by atoms with Crippen LogP contribution in [-0.4, -0.2) is 11.1 Å². The van der Waals surface area contributed by atoms with Crippen LogP contribution in [0.15, 0.2) is 0 Å². The van der Waals surface area contributed by atoms with Gasteiger partial charge in [0.25, 0.3) is 0 Å². The van der Waals surface area contributed by atoms with Crippen LogP contribution in [0.25, 0.3) is 0 Å². The third-order valence-electron chi connectivity index (χ3n) is 4.63. The molecule has 0 radical (unpaired) electrons. The molecule has 0 atom stereocenters. The maximum atomic E-state index is 10.5. The Morgan fingerprint density at radius 3 is 2.06 bits per heavy atom. The highest BCUT2D eigenvalue weighted by molar-refractivity contribution is 5.69. The summed E-state index contributed by atoms with van der Waals surface area (Å²) in [7, 11) is 0. The van der Waals surface area contributed by atoms with E-state index in [4.69, 9.17) is 5.11 Å². The van der Waals surface area contributed by atoms with Gasteiger partial charge in [0.15, 0.2) is 0 Å². The number of aliphatic carboxylic acids is 1. The van der Waals surface area contributed by atoms with Crippen LogP contribution in [0.4, 0.5) is 0 Å². The Kier molecular flexibility index (Phi) is 2.24. The van der Waals surface area contributed by atoms with Crippen molar-refractivity contribution in [3.63, 3.8) is 0 Å². The molecule has 16 heavy (non-hydrogen) atoms. The van der Waals surface area contributed by atoms with Gasteiger partial charge in [-0.2, -0.15) is 0 Å². The maximum absolute atomic E-state index is 10.5. The van der Waals surface area contributed by atoms with Gasteiger partial charge in [-0.15, -0.1) is 0 Å². The van der Waals surface area contributed by atoms with Crippen molar-refractivity contribution in [3.05, 3.63) is 0 Å². The van der Waals surface area contributed by atoms with Gasteiger partial charge in [-0.05, 0) is 56.3 Å². The van der Waals surface area contributed by atoms with Gasteiger partial charge in [0.2, 0.25) is 0 Å². The Bertz CT molecular complexity index is 337. The minimum atomic E-state index is -0.794. The molecule has 1 N–H and O–H groups in total. The van der Waals surface area contributed by atoms with E-state index in [-0.39, 0.29) is 11.8 Å². The van der Waals surface area contributed by atoms with E-state index in [1.54, 1.807) is 0 Å². The van der Waals surface area contributed by atoms with Gasteiger partial charge in [-0.3, -0.25) is 4.79 Å². The molecule has 0 spiro atoms. The second kappa shape index (κ2) is 3.52. The molecule has 4 rings (SSSR count). The number of hydrogen-bond donors (Lipinski definition) is 1. The summed E-state index contributed by atoms with van der Waals surface area (Å²) in [6.07, 6.45) is 7.99. The quantitative estimate of drug-likeness (QED) is 0.687. The zero-order valence-corrected chi connectivity index (χ0v) is 9.54. The van der Waals surface area contributed by atoms with Crippen LogP contribution >= 0.6 is 0 Å². The smallest absolute Gasteiger partial charge is 0.315 e. The number of hydrogen-bond acceptors (Lipinski definition) is 1. The first kappa shape index (κ1) is 10.2. The Balaban J connectivity index is 1.77. The van der Waals surface area contributed by atoms with Gasteiger partial charge >= 0.3 is 5.97 Å². The van der Waals surface area contributed by atoms with E-state index in [0.717, 1.165) is 17.8 Å². The Morgan fingerprint density at radius 2 is 1.62 bits per heavy atom. The fraction of sp³-hybridized carbons (Fsp3) is 0.786. The third-order valence-corrected chi connectivity index (χ3v) is 4.63. The standard InChI is InChI=1S/C14H18O2/c15-13(16)2-1-3-14-7-10-4-11(8-14)6-12(5-10)9-14/h10-12H,2,4-9H2,(H,15,16). The van der Waals surface area contributed by atoms with Crippen LogP contribution in [0.2, 0.25) is 0 Å². The molecular weight excluding hydrogens is 200 g/mol. The van der Waals surface area contributed by atoms with E-state index in [1.165, 1.54) is 38.5 Å². The predicted octanol–water partition coefficient (Wildman–Crippen LogP) is 2.68. The molecule has 0 aromatic heterocycles. The molecule has 4 aliphatic rings. The first-order valence-corrected chi connectivity index (χ1v) is 6.37. The van der Waals surface area contributed by atoms with Crippen LogP contribution < -0.4 is 0 Å². The van der Waals surface area contributed by atoms with Gasteiger partial charge in [0.1, 0.15) is 6.42 Å². The van der Waals surface area contributed by atoms with Gasteiger partial charge in [0, 0.05) is 5.41 Å². The fourth-order valence-electron chi connectivity index (χ4n) is 4.57. The second-order valence-corrected chi connectivity index (χ2v) is 6.07. The predicted molar refractivity (Wildman–Crippen MR) is 60.6 cm³/mol. The SMILES string of the molecule is O=C(O)CC#CC12CC3CC(CC(C3)C1)C2. The van der Waals surface area contributed by atoms with Crippen LogP contribution in [0.3, 0.4) is 0 Å². The van der Waals surface area contributed by atoms with Crippen LogP contribution in [0, 0.1) is 35.0 Å². The average molecular weight is 218 g/mol. The van der Waals surface area contributed by atoms with E-state index in [9.17, 15) is 4.79 Å². The highest BCUT2D eigenvalue weighted by atomic mass is 16.4. The molecule has 4 saturated carbocycles. The molecule has 4 fully saturated rings. The van der Waals surface area contributed by atoms with E-state index in [0.29, 0.717) is 0 Å². The average Bonchev–Trinajstić information content (AvgIpc) is 2.13. The van der Waals surface area contributed by atoms with Crippen LogP contribution in [0.5, 0.6) is 0 Å². The summed E-state index contributed by atoms with van der Waals surface area (Å²) in [4.78, 5) is 10.5. The number of carbonyl (C=O) groups is 1. The molecule has 0 saturated heterocycles. The Labute approximate surface area is 96.4 Å². The van der Waals surface area contributed by atoms with Crippen molar-refractivity contribution < 1.29 is 9.90 Å². The van der Waals surface area contributed by atoms with E-state index in [2.05, 4.69) is 11.8 Å². The number of rotatable bonds is 1. The summed E-state index contributed by atoms with van der Waals surface area (Å²) in [5, 5.41) is 8.62. The van der Waals surface area contributed by atoms with Gasteiger partial charge in [-0.1, -0.05) is 11.8 Å². The van der Waals surface area contributed by atoms with E-state index in [1.807, 2.05) is 0 Å². The lowest BCUT2D eigenvalue weighted by molar-refractivity contribution is -0.135. The molecular formula is C14H18O2. The van der Waals surface area contributed by atoms with Crippen molar-refractivity contribution in [2.75, 3.05) is 0 Å². The first-order chi connectivity index (χ1) is 7.65. The van der Waals surface area contributed by atoms with Crippen molar-refractivity contribution in [3.8, 4) is 11.8 Å². The van der Waals surface area contributed by atoms with E-state index < -0.39 is 5.97 Å². The van der Waals surface area contributed by atoms with Gasteiger partial charge in [0.05, 0.1) is 0 Å². The minimum Gasteiger partial charge on any atom is -0.481 e. The van der Waals surface area contributed by atoms with Crippen molar-refractivity contribution in [2.45, 2.75) is 44.9 Å². The fourth-order valence-corrected chi connectivity index (χ4v) is 4.57. The molecule has 0 unspecified atom stereocenters. The summed E-state index contributed by atoms with van der Waals surface area (Å²) >= 11 is 0. The van der Waals surface area contributed by atoms with Gasteiger partial charge in [-0.25, -0.2) is 0 Å². The second-order valence-electron chi connectivity index (χ2n) is 6.07. The zero-order chi connectivity index (χ0) is 11.2. The van der Waals surface area contributed by atoms with Crippen LogP contribution in [0.1, 0.15) is 44.9 Å². The molecule has 0 aliphatic heterocycles. The monoisotopic (exact) mass is 218 g/mol. The molecule has 0 heterocycles. The summed E-state index contributed by atoms with van der Waals surface area (Å²) in [6.45, 7) is 0. The number of carboxylic acid groups (broad SMARTS) is 1. The third kappa shape index (κ3) is 1.73. The highest BCUT2D eigenvalue weighted by Crippen LogP contribution is 2.59. The number of carboxylic acids is 1. The van der Waals surface area contributed by atoms with Crippen molar-refractivity contribution >= 4 is 5.97 Å². The maximum Gasteiger partial charge on any atom is 0.315 e. The first-order valence-electron chi connectivity index (χ1n) is 6.37. The lowest BCUT2D eigenvalue weighted by Crippen LogP contribution is -2.45. The highest BCUT2D eigenvalue weighted by Gasteiger charge is 2.50. The largest absolute Gasteiger partial charge is 0.481 e. The zero-order valence-electron chi connectivity index (χ0n) is 9.54. The van der Waals surface area contributed by atoms with E-state index >= 15 is 0 Å². The Morgan fingerprint density at radius 1 is 1.12 bits per heavy atom. The molecule has 4 aliphatic carbocycles. The lowest BCUT2D eigenvalue weighted by Gasteiger charge is -2.54. The van der Waals surface area contributed by atoms with Crippen molar-refractivity contribution in [2.24, 2.45) is 23.2 Å². The molecule has 0 aromatic rings. The van der Waals surface area contributed by atoms with Gasteiger partial charge < -0.3 is 5.11 Å². The molecule has 0 amide bonds. The summed E-state index contributed by atoms with van der Waals surface area (Å²) in [5.41, 5.74) is 0.212. The van der Waals surface area contributed by atoms with Crippen molar-refractivity contribution in [1.29, 1.82) is 0 Å². The summed E-state index contributed by atoms with van der Waals surface area (Å²) in [5.74, 6) is 8.11. The molecule has 86 valence electrons. The molecule has 4 bridgehead atoms. The lowest BCUT2D eigenvalue weighted by atomic mass is 9.50. The van der Waals surface area contributed by atoms with Crippen LogP contribution in [-0.2, 0) is 4.79 Å². The molecule has 2 nitrogen and oxygen atoms in total. The Hall–Kier alpha value is -0.970. The normalized spacial score (nSPS) is 43.9. The summed E-state index contributed by atoms with van der Waals surface area (Å²) in [6, 6.07) is 0. The topological polar surface area (TPSA) is 37.3 Å².